The molecular formula is C18H30N2O. The fraction of sp³-hybridized carbons (Fsp3) is 0.667. The summed E-state index contributed by atoms with van der Waals surface area (Å²) >= 11 is 0. The fourth-order valence-electron chi connectivity index (χ4n) is 3.27. The van der Waals surface area contributed by atoms with Crippen molar-refractivity contribution < 1.29 is 4.74 Å². The van der Waals surface area contributed by atoms with Crippen LogP contribution in [0.15, 0.2) is 24.3 Å². The quantitative estimate of drug-likeness (QED) is 0.868. The van der Waals surface area contributed by atoms with E-state index in [1.165, 1.54) is 5.56 Å². The second-order valence-corrected chi connectivity index (χ2v) is 6.68. The molecule has 2 rings (SSSR count). The van der Waals surface area contributed by atoms with E-state index in [1.807, 2.05) is 6.07 Å². The topological polar surface area (TPSA) is 24.5 Å². The molecule has 1 N–H and O–H groups in total. The van der Waals surface area contributed by atoms with E-state index in [9.17, 15) is 0 Å². The van der Waals surface area contributed by atoms with Crippen LogP contribution in [0.1, 0.15) is 46.2 Å². The highest BCUT2D eigenvalue weighted by atomic mass is 16.5. The van der Waals surface area contributed by atoms with E-state index in [0.29, 0.717) is 24.0 Å². The van der Waals surface area contributed by atoms with E-state index in [1.54, 1.807) is 0 Å². The third-order valence-electron chi connectivity index (χ3n) is 4.39. The molecule has 1 heterocycles. The summed E-state index contributed by atoms with van der Waals surface area (Å²) in [4.78, 5) is 2.53. The van der Waals surface area contributed by atoms with Crippen LogP contribution in [-0.2, 0) is 0 Å². The first-order valence-corrected chi connectivity index (χ1v) is 8.21. The minimum absolute atomic E-state index is 0.399. The van der Waals surface area contributed by atoms with Crippen molar-refractivity contribution in [1.29, 1.82) is 0 Å². The standard InChI is InChI=1S/C18H30N2O/c1-13(2)20(14(3)4)11-10-19-18-15(5)12-21-17-9-7-6-8-16(17)18/h6-9,13-15,18-19H,10-12H2,1-5H3. The van der Waals surface area contributed by atoms with Gasteiger partial charge in [0.2, 0.25) is 0 Å². The second kappa shape index (κ2) is 7.28. The molecule has 21 heavy (non-hydrogen) atoms. The van der Waals surface area contributed by atoms with Gasteiger partial charge in [0.15, 0.2) is 0 Å². The minimum Gasteiger partial charge on any atom is -0.493 e. The lowest BCUT2D eigenvalue weighted by Gasteiger charge is -2.34. The number of benzene rings is 1. The molecule has 3 nitrogen and oxygen atoms in total. The Morgan fingerprint density at radius 3 is 2.52 bits per heavy atom. The Morgan fingerprint density at radius 1 is 1.19 bits per heavy atom. The van der Waals surface area contributed by atoms with Crippen molar-refractivity contribution in [3.63, 3.8) is 0 Å². The maximum Gasteiger partial charge on any atom is 0.124 e. The lowest BCUT2D eigenvalue weighted by molar-refractivity contribution is 0.158. The highest BCUT2D eigenvalue weighted by Crippen LogP contribution is 2.34. The molecule has 2 unspecified atom stereocenters. The number of nitrogens with zero attached hydrogens (tertiary/aromatic N) is 1. The van der Waals surface area contributed by atoms with E-state index in [0.717, 1.165) is 25.4 Å². The van der Waals surface area contributed by atoms with Gasteiger partial charge in [0, 0.05) is 42.7 Å². The third-order valence-corrected chi connectivity index (χ3v) is 4.39. The molecule has 0 saturated carbocycles. The van der Waals surface area contributed by atoms with Gasteiger partial charge in [0.1, 0.15) is 5.75 Å². The average Bonchev–Trinajstić information content (AvgIpc) is 2.44. The predicted octanol–water partition coefficient (Wildman–Crippen LogP) is 3.46. The summed E-state index contributed by atoms with van der Waals surface area (Å²) < 4.78 is 5.82. The minimum atomic E-state index is 0.399. The van der Waals surface area contributed by atoms with Gasteiger partial charge in [-0.2, -0.15) is 0 Å². The smallest absolute Gasteiger partial charge is 0.124 e. The molecule has 0 aliphatic carbocycles. The number of hydrogen-bond donors (Lipinski definition) is 1. The number of nitrogens with one attached hydrogen (secondary N) is 1. The molecule has 1 aromatic carbocycles. The van der Waals surface area contributed by atoms with Crippen molar-refractivity contribution in [1.82, 2.24) is 10.2 Å². The largest absolute Gasteiger partial charge is 0.493 e. The second-order valence-electron chi connectivity index (χ2n) is 6.68. The first kappa shape index (κ1) is 16.3. The number of hydrogen-bond acceptors (Lipinski definition) is 3. The van der Waals surface area contributed by atoms with Crippen molar-refractivity contribution in [3.05, 3.63) is 29.8 Å². The zero-order valence-electron chi connectivity index (χ0n) is 14.1. The molecule has 0 spiro atoms. The Kier molecular flexibility index (Phi) is 5.65. The zero-order valence-corrected chi connectivity index (χ0v) is 14.1. The summed E-state index contributed by atoms with van der Waals surface area (Å²) in [6.45, 7) is 14.2. The average molecular weight is 290 g/mol. The fourth-order valence-corrected chi connectivity index (χ4v) is 3.27. The van der Waals surface area contributed by atoms with Crippen LogP contribution < -0.4 is 10.1 Å². The van der Waals surface area contributed by atoms with E-state index in [-0.39, 0.29) is 0 Å². The monoisotopic (exact) mass is 290 g/mol. The van der Waals surface area contributed by atoms with Crippen molar-refractivity contribution in [2.75, 3.05) is 19.7 Å². The molecule has 0 bridgehead atoms. The van der Waals surface area contributed by atoms with Gasteiger partial charge < -0.3 is 10.1 Å². The van der Waals surface area contributed by atoms with E-state index in [4.69, 9.17) is 4.74 Å². The van der Waals surface area contributed by atoms with Crippen LogP contribution in [0, 0.1) is 5.92 Å². The predicted molar refractivity (Wildman–Crippen MR) is 88.8 cm³/mol. The van der Waals surface area contributed by atoms with Crippen LogP contribution in [0.5, 0.6) is 5.75 Å². The van der Waals surface area contributed by atoms with Crippen LogP contribution in [0.3, 0.4) is 0 Å². The van der Waals surface area contributed by atoms with Gasteiger partial charge in [-0.3, -0.25) is 4.90 Å². The molecule has 0 aromatic heterocycles. The first-order chi connectivity index (χ1) is 10.0. The van der Waals surface area contributed by atoms with E-state index in [2.05, 4.69) is 63.0 Å². The Morgan fingerprint density at radius 2 is 1.86 bits per heavy atom. The van der Waals surface area contributed by atoms with Crippen molar-refractivity contribution in [2.24, 2.45) is 5.92 Å². The van der Waals surface area contributed by atoms with Crippen LogP contribution in [0.25, 0.3) is 0 Å². The van der Waals surface area contributed by atoms with Gasteiger partial charge in [-0.05, 0) is 33.8 Å². The lowest BCUT2D eigenvalue weighted by Crippen LogP contribution is -2.43. The summed E-state index contributed by atoms with van der Waals surface area (Å²) in [7, 11) is 0. The summed E-state index contributed by atoms with van der Waals surface area (Å²) in [5.41, 5.74) is 1.30. The summed E-state index contributed by atoms with van der Waals surface area (Å²) in [5, 5.41) is 3.75. The van der Waals surface area contributed by atoms with Gasteiger partial charge in [0.25, 0.3) is 0 Å². The van der Waals surface area contributed by atoms with Gasteiger partial charge in [0.05, 0.1) is 6.61 Å². The molecule has 3 heteroatoms. The lowest BCUT2D eigenvalue weighted by atomic mass is 9.92. The maximum atomic E-state index is 5.82. The molecule has 0 fully saturated rings. The third kappa shape index (κ3) is 3.98. The Balaban J connectivity index is 1.96. The van der Waals surface area contributed by atoms with Crippen molar-refractivity contribution in [2.45, 2.75) is 52.7 Å². The number of para-hydroxylation sites is 1. The Labute approximate surface area is 129 Å². The van der Waals surface area contributed by atoms with Crippen LogP contribution in [-0.4, -0.2) is 36.7 Å². The normalized spacial score (nSPS) is 21.7. The van der Waals surface area contributed by atoms with E-state index >= 15 is 0 Å². The summed E-state index contributed by atoms with van der Waals surface area (Å²) in [6, 6.07) is 9.98. The first-order valence-electron chi connectivity index (χ1n) is 8.21. The van der Waals surface area contributed by atoms with E-state index < -0.39 is 0 Å². The van der Waals surface area contributed by atoms with Gasteiger partial charge >= 0.3 is 0 Å². The molecule has 2 atom stereocenters. The van der Waals surface area contributed by atoms with Crippen LogP contribution in [0.4, 0.5) is 0 Å². The van der Waals surface area contributed by atoms with Gasteiger partial charge in [-0.1, -0.05) is 25.1 Å². The van der Waals surface area contributed by atoms with Crippen LogP contribution >= 0.6 is 0 Å². The maximum absolute atomic E-state index is 5.82. The molecule has 1 aliphatic rings. The molecule has 1 aromatic rings. The molecule has 118 valence electrons. The summed E-state index contributed by atoms with van der Waals surface area (Å²) in [5.74, 6) is 1.55. The molecular weight excluding hydrogens is 260 g/mol. The van der Waals surface area contributed by atoms with Gasteiger partial charge in [-0.15, -0.1) is 0 Å². The number of rotatable bonds is 6. The van der Waals surface area contributed by atoms with Crippen LogP contribution in [0.2, 0.25) is 0 Å². The highest BCUT2D eigenvalue weighted by Gasteiger charge is 2.27. The Hall–Kier alpha value is -1.06. The molecule has 0 amide bonds. The Bertz CT molecular complexity index is 437. The van der Waals surface area contributed by atoms with Gasteiger partial charge in [-0.25, -0.2) is 0 Å². The zero-order chi connectivity index (χ0) is 15.4. The molecule has 0 saturated heterocycles. The SMILES string of the molecule is CC1COc2ccccc2C1NCCN(C(C)C)C(C)C. The summed E-state index contributed by atoms with van der Waals surface area (Å²) in [6.07, 6.45) is 0. The van der Waals surface area contributed by atoms with Crippen molar-refractivity contribution in [3.8, 4) is 5.75 Å². The van der Waals surface area contributed by atoms with Crippen molar-refractivity contribution >= 4 is 0 Å². The highest BCUT2D eigenvalue weighted by molar-refractivity contribution is 5.37. The number of ether oxygens (including phenoxy) is 1. The molecule has 1 aliphatic heterocycles. The number of fused-ring (bicyclic) bond motifs is 1. The molecule has 0 radical (unpaired) electrons.